The van der Waals surface area contributed by atoms with E-state index in [0.29, 0.717) is 30.7 Å². The number of hydrogen-bond acceptors (Lipinski definition) is 5. The van der Waals surface area contributed by atoms with Gasteiger partial charge in [0.1, 0.15) is 0 Å². The van der Waals surface area contributed by atoms with Gasteiger partial charge in [0.05, 0.1) is 0 Å². The van der Waals surface area contributed by atoms with E-state index in [9.17, 15) is 9.90 Å². The van der Waals surface area contributed by atoms with Crippen molar-refractivity contribution in [3.63, 3.8) is 0 Å². The number of unbranched alkanes of at least 4 members (excludes halogenated alkanes) is 6. The summed E-state index contributed by atoms with van der Waals surface area (Å²) in [4.78, 5) is 14.3. The minimum absolute atomic E-state index is 0.242. The summed E-state index contributed by atoms with van der Waals surface area (Å²) in [6, 6.07) is 11.0. The molecule has 2 fully saturated rings. The molecule has 0 aromatic heterocycles. The molecule has 0 saturated heterocycles. The zero-order valence-corrected chi connectivity index (χ0v) is 21.0. The van der Waals surface area contributed by atoms with Gasteiger partial charge in [-0.3, -0.25) is 14.4 Å². The molecule has 2 aliphatic rings. The summed E-state index contributed by atoms with van der Waals surface area (Å²) in [7, 11) is 0. The van der Waals surface area contributed by atoms with Gasteiger partial charge in [0.15, 0.2) is 0 Å². The first kappa shape index (κ1) is 26.2. The Morgan fingerprint density at radius 1 is 1.03 bits per heavy atom. The number of rotatable bonds is 15. The van der Waals surface area contributed by atoms with Crippen LogP contribution >= 0.6 is 0 Å². The first-order chi connectivity index (χ1) is 16.0. The van der Waals surface area contributed by atoms with E-state index in [1.165, 1.54) is 56.9 Å². The van der Waals surface area contributed by atoms with Crippen LogP contribution in [-0.4, -0.2) is 41.3 Å². The van der Waals surface area contributed by atoms with Crippen LogP contribution in [0.2, 0.25) is 0 Å². The van der Waals surface area contributed by atoms with Crippen LogP contribution < -0.4 is 0 Å². The maximum atomic E-state index is 12.2. The Bertz CT molecular complexity index is 696. The van der Waals surface area contributed by atoms with Crippen LogP contribution in [0.3, 0.4) is 0 Å². The van der Waals surface area contributed by atoms with Gasteiger partial charge in [-0.1, -0.05) is 82.7 Å². The minimum atomic E-state index is -1.08. The Hall–Kier alpha value is -1.43. The van der Waals surface area contributed by atoms with Crippen LogP contribution in [0.25, 0.3) is 0 Å². The first-order valence-electron chi connectivity index (χ1n) is 13.4. The van der Waals surface area contributed by atoms with Crippen molar-refractivity contribution in [3.05, 3.63) is 35.9 Å². The van der Waals surface area contributed by atoms with Gasteiger partial charge in [0.25, 0.3) is 0 Å². The average Bonchev–Trinajstić information content (AvgIpc) is 3.41. The van der Waals surface area contributed by atoms with E-state index in [1.807, 2.05) is 0 Å². The molecule has 0 spiro atoms. The van der Waals surface area contributed by atoms with E-state index >= 15 is 0 Å². The topological polar surface area (TPSA) is 59.0 Å². The molecule has 1 aromatic rings. The average molecular weight is 460 g/mol. The lowest BCUT2D eigenvalue weighted by Gasteiger charge is -2.41. The maximum absolute atomic E-state index is 12.2. The molecule has 2 aliphatic carbocycles. The summed E-state index contributed by atoms with van der Waals surface area (Å²) < 4.78 is 11.2. The van der Waals surface area contributed by atoms with Crippen molar-refractivity contribution >= 4 is 5.97 Å². The lowest BCUT2D eigenvalue weighted by atomic mass is 9.79. The number of benzene rings is 1. The molecule has 33 heavy (non-hydrogen) atoms. The third-order valence-corrected chi connectivity index (χ3v) is 7.68. The number of nitrogens with zero attached hydrogens (tertiary/aromatic N) is 1. The summed E-state index contributed by atoms with van der Waals surface area (Å²) in [6.45, 7) is 6.68. The molecule has 0 radical (unpaired) electrons. The standard InChI is InChI=1S/C28H45NO4/c1-4-6-7-8-9-10-14-17-25(30)32-21(3)33-28(31)29(5-2)27-24-19-18-23(20-24)26(27)22-15-12-11-13-16-22/h11-13,15-16,21,23-24,26-28,31H,4-10,14,17-20H2,1-3H3. The third kappa shape index (κ3) is 7.27. The van der Waals surface area contributed by atoms with E-state index in [4.69, 9.17) is 9.47 Å². The van der Waals surface area contributed by atoms with Crippen molar-refractivity contribution < 1.29 is 19.4 Å². The fourth-order valence-electron chi connectivity index (χ4n) is 6.14. The molecule has 6 unspecified atom stereocenters. The molecule has 1 aromatic carbocycles. The van der Waals surface area contributed by atoms with Gasteiger partial charge in [0, 0.05) is 24.9 Å². The van der Waals surface area contributed by atoms with Crippen molar-refractivity contribution in [2.24, 2.45) is 11.8 Å². The molecule has 6 atom stereocenters. The lowest BCUT2D eigenvalue weighted by Crippen LogP contribution is -2.50. The molecular formula is C28H45NO4. The number of ether oxygens (including phenoxy) is 2. The van der Waals surface area contributed by atoms with Crippen LogP contribution in [0.15, 0.2) is 30.3 Å². The van der Waals surface area contributed by atoms with Crippen molar-refractivity contribution in [2.45, 2.75) is 116 Å². The number of fused-ring (bicyclic) bond motifs is 2. The second kappa shape index (κ2) is 13.5. The molecule has 2 saturated carbocycles. The van der Waals surface area contributed by atoms with Gasteiger partial charge < -0.3 is 9.84 Å². The maximum Gasteiger partial charge on any atom is 0.308 e. The van der Waals surface area contributed by atoms with Crippen LogP contribution in [0, 0.1) is 11.8 Å². The lowest BCUT2D eigenvalue weighted by molar-refractivity contribution is -0.275. The second-order valence-electron chi connectivity index (χ2n) is 9.98. The number of aliphatic hydroxyl groups is 1. The van der Waals surface area contributed by atoms with Crippen molar-refractivity contribution in [2.75, 3.05) is 6.54 Å². The normalized spacial score (nSPS) is 26.0. The predicted octanol–water partition coefficient (Wildman–Crippen LogP) is 6.21. The highest BCUT2D eigenvalue weighted by Gasteiger charge is 2.51. The van der Waals surface area contributed by atoms with Gasteiger partial charge in [-0.25, -0.2) is 0 Å². The number of carbonyl (C=O) groups is 1. The Morgan fingerprint density at radius 2 is 1.70 bits per heavy atom. The molecule has 186 valence electrons. The second-order valence-corrected chi connectivity index (χ2v) is 9.98. The van der Waals surface area contributed by atoms with Crippen LogP contribution in [0.4, 0.5) is 0 Å². The fourth-order valence-corrected chi connectivity index (χ4v) is 6.14. The van der Waals surface area contributed by atoms with Crippen molar-refractivity contribution in [3.8, 4) is 0 Å². The van der Waals surface area contributed by atoms with E-state index in [-0.39, 0.29) is 12.0 Å². The Kier molecular flexibility index (Phi) is 10.7. The number of carbonyl (C=O) groups excluding carboxylic acids is 1. The molecule has 5 nitrogen and oxygen atoms in total. The molecule has 1 N–H and O–H groups in total. The largest absolute Gasteiger partial charge is 0.436 e. The highest BCUT2D eigenvalue weighted by molar-refractivity contribution is 5.69. The molecule has 2 bridgehead atoms. The SMILES string of the molecule is CCCCCCCCCC(=O)OC(C)OC(O)N(CC)C1C2CCC(C2)C1c1ccccc1. The van der Waals surface area contributed by atoms with Crippen molar-refractivity contribution in [1.82, 2.24) is 4.90 Å². The van der Waals surface area contributed by atoms with Crippen LogP contribution in [-0.2, 0) is 14.3 Å². The van der Waals surface area contributed by atoms with Gasteiger partial charge in [-0.15, -0.1) is 0 Å². The van der Waals surface area contributed by atoms with Gasteiger partial charge in [-0.2, -0.15) is 0 Å². The van der Waals surface area contributed by atoms with Crippen LogP contribution in [0.1, 0.15) is 103 Å². The predicted molar refractivity (Wildman–Crippen MR) is 131 cm³/mol. The Labute approximate surface area is 200 Å². The van der Waals surface area contributed by atoms with Gasteiger partial charge >= 0.3 is 5.97 Å². The van der Waals surface area contributed by atoms with E-state index in [0.717, 1.165) is 12.8 Å². The van der Waals surface area contributed by atoms with E-state index in [1.54, 1.807) is 6.92 Å². The summed E-state index contributed by atoms with van der Waals surface area (Å²) >= 11 is 0. The van der Waals surface area contributed by atoms with Gasteiger partial charge in [0.2, 0.25) is 12.7 Å². The fraction of sp³-hybridized carbons (Fsp3) is 0.750. The third-order valence-electron chi connectivity index (χ3n) is 7.68. The number of esters is 1. The summed E-state index contributed by atoms with van der Waals surface area (Å²) in [5, 5.41) is 11.0. The zero-order chi connectivity index (χ0) is 23.6. The van der Waals surface area contributed by atoms with Crippen molar-refractivity contribution in [1.29, 1.82) is 0 Å². The smallest absolute Gasteiger partial charge is 0.308 e. The van der Waals surface area contributed by atoms with E-state index < -0.39 is 12.7 Å². The molecule has 5 heteroatoms. The summed E-state index contributed by atoms with van der Waals surface area (Å²) in [5.74, 6) is 1.42. The summed E-state index contributed by atoms with van der Waals surface area (Å²) in [6.07, 6.45) is 10.4. The zero-order valence-electron chi connectivity index (χ0n) is 21.0. The van der Waals surface area contributed by atoms with Crippen LogP contribution in [0.5, 0.6) is 0 Å². The minimum Gasteiger partial charge on any atom is -0.436 e. The highest BCUT2D eigenvalue weighted by Crippen LogP contribution is 2.55. The molecule has 0 heterocycles. The summed E-state index contributed by atoms with van der Waals surface area (Å²) in [5.41, 5.74) is 1.36. The van der Waals surface area contributed by atoms with Gasteiger partial charge in [-0.05, 0) is 50.0 Å². The molecule has 0 amide bonds. The Balaban J connectivity index is 1.47. The number of likely N-dealkylation sites (N-methyl/N-ethyl adjacent to an activating group) is 1. The number of aliphatic hydroxyl groups excluding tert-OH is 1. The first-order valence-corrected chi connectivity index (χ1v) is 13.4. The quantitative estimate of drug-likeness (QED) is 0.192. The Morgan fingerprint density at radius 3 is 2.39 bits per heavy atom. The molecule has 0 aliphatic heterocycles. The monoisotopic (exact) mass is 459 g/mol. The van der Waals surface area contributed by atoms with E-state index in [2.05, 4.69) is 49.1 Å². The number of hydrogen-bond donors (Lipinski definition) is 1. The molecule has 3 rings (SSSR count). The highest BCUT2D eigenvalue weighted by atomic mass is 16.7. The molecular weight excluding hydrogens is 414 g/mol.